The van der Waals surface area contributed by atoms with Crippen molar-refractivity contribution < 1.29 is 14.7 Å². The molecule has 3 amide bonds. The largest absolute Gasteiger partial charge is 0.506 e. The van der Waals surface area contributed by atoms with Crippen LogP contribution in [0.4, 0.5) is 16.2 Å². The molecule has 2 aliphatic heterocycles. The standard InChI is InChI=1S/C27H24N8O3/c36-25-21-18(7-3-8-19(21)30-27(38)34-33-26(37)16-5-4-10-29-15-16)24-22(25)23(31-32-24)17-6-1-2-9-20(17)35-13-11-28-12-14-35/h1-10,15,28,31-32,36H,11-14H2,(H,30,38). The van der Waals surface area contributed by atoms with E-state index in [4.69, 9.17) is 0 Å². The summed E-state index contributed by atoms with van der Waals surface area (Å²) in [5.41, 5.74) is 4.69. The zero-order valence-electron chi connectivity index (χ0n) is 20.2. The molecule has 2 aromatic carbocycles. The fourth-order valence-corrected chi connectivity index (χ4v) is 4.91. The Morgan fingerprint density at radius 3 is 2.58 bits per heavy atom. The van der Waals surface area contributed by atoms with E-state index in [-0.39, 0.29) is 11.3 Å². The number of nitrogens with zero attached hydrogens (tertiary/aromatic N) is 4. The molecule has 11 heteroatoms. The van der Waals surface area contributed by atoms with Gasteiger partial charge in [-0.3, -0.25) is 20.0 Å². The number of anilines is 2. The van der Waals surface area contributed by atoms with Gasteiger partial charge in [-0.2, -0.15) is 0 Å². The van der Waals surface area contributed by atoms with Crippen LogP contribution in [0.25, 0.3) is 33.3 Å². The van der Waals surface area contributed by atoms with Crippen LogP contribution in [-0.4, -0.2) is 58.4 Å². The van der Waals surface area contributed by atoms with Crippen LogP contribution in [0.3, 0.4) is 0 Å². The highest BCUT2D eigenvalue weighted by atomic mass is 16.3. The first-order valence-electron chi connectivity index (χ1n) is 12.2. The average Bonchev–Trinajstić information content (AvgIpc) is 3.52. The number of rotatable bonds is 4. The van der Waals surface area contributed by atoms with Gasteiger partial charge in [-0.05, 0) is 24.3 Å². The van der Waals surface area contributed by atoms with Crippen molar-refractivity contribution in [2.24, 2.45) is 10.2 Å². The normalized spacial score (nSPS) is 13.9. The molecule has 5 N–H and O–H groups in total. The van der Waals surface area contributed by atoms with E-state index in [0.29, 0.717) is 22.3 Å². The van der Waals surface area contributed by atoms with Crippen LogP contribution in [0, 0.1) is 0 Å². The molecule has 0 spiro atoms. The van der Waals surface area contributed by atoms with Gasteiger partial charge in [0, 0.05) is 55.2 Å². The third kappa shape index (κ3) is 4.14. The van der Waals surface area contributed by atoms with Crippen LogP contribution < -0.4 is 15.5 Å². The van der Waals surface area contributed by atoms with Crippen molar-refractivity contribution in [2.45, 2.75) is 0 Å². The molecule has 1 fully saturated rings. The van der Waals surface area contributed by atoms with Crippen molar-refractivity contribution in [3.63, 3.8) is 0 Å². The third-order valence-electron chi connectivity index (χ3n) is 6.63. The first kappa shape index (κ1) is 23.4. The van der Waals surface area contributed by atoms with Gasteiger partial charge in [0.2, 0.25) is 0 Å². The lowest BCUT2D eigenvalue weighted by Gasteiger charge is -2.31. The van der Waals surface area contributed by atoms with Gasteiger partial charge >= 0.3 is 6.03 Å². The molecule has 38 heavy (non-hydrogen) atoms. The Morgan fingerprint density at radius 1 is 0.947 bits per heavy atom. The minimum atomic E-state index is -0.838. The number of azo groups is 1. The average molecular weight is 509 g/mol. The number of hydrogen-bond donors (Lipinski definition) is 5. The lowest BCUT2D eigenvalue weighted by molar-refractivity contribution is 0.0993. The van der Waals surface area contributed by atoms with E-state index in [1.165, 1.54) is 18.5 Å². The number of para-hydroxylation sites is 1. The molecule has 3 aliphatic rings. The van der Waals surface area contributed by atoms with Crippen molar-refractivity contribution in [3.05, 3.63) is 72.6 Å². The fourth-order valence-electron chi connectivity index (χ4n) is 4.91. The Kier molecular flexibility index (Phi) is 6.02. The number of aromatic nitrogens is 3. The summed E-state index contributed by atoms with van der Waals surface area (Å²) in [7, 11) is 0. The van der Waals surface area contributed by atoms with Crippen LogP contribution in [-0.2, 0) is 0 Å². The highest BCUT2D eigenvalue weighted by Crippen LogP contribution is 2.51. The third-order valence-corrected chi connectivity index (χ3v) is 6.63. The highest BCUT2D eigenvalue weighted by Gasteiger charge is 2.28. The summed E-state index contributed by atoms with van der Waals surface area (Å²) in [6, 6.07) is 15.7. The maximum atomic E-state index is 12.5. The van der Waals surface area contributed by atoms with E-state index in [1.54, 1.807) is 18.2 Å². The Balaban J connectivity index is 1.35. The van der Waals surface area contributed by atoms with Crippen LogP contribution >= 0.6 is 0 Å². The van der Waals surface area contributed by atoms with Gasteiger partial charge in [-0.1, -0.05) is 35.4 Å². The van der Waals surface area contributed by atoms with Crippen molar-refractivity contribution in [3.8, 4) is 28.3 Å². The van der Waals surface area contributed by atoms with E-state index < -0.39 is 11.9 Å². The molecule has 0 bridgehead atoms. The number of urea groups is 1. The van der Waals surface area contributed by atoms with Crippen LogP contribution in [0.5, 0.6) is 5.75 Å². The predicted octanol–water partition coefficient (Wildman–Crippen LogP) is 4.60. The molecule has 1 aromatic heterocycles. The smallest absolute Gasteiger partial charge is 0.364 e. The minimum Gasteiger partial charge on any atom is -0.506 e. The first-order chi connectivity index (χ1) is 18.6. The number of aromatic amines is 2. The van der Waals surface area contributed by atoms with E-state index >= 15 is 0 Å². The van der Waals surface area contributed by atoms with Gasteiger partial charge in [-0.15, -0.1) is 5.11 Å². The van der Waals surface area contributed by atoms with Crippen LogP contribution in [0.15, 0.2) is 77.2 Å². The summed E-state index contributed by atoms with van der Waals surface area (Å²) in [5.74, 6) is -0.656. The van der Waals surface area contributed by atoms with Gasteiger partial charge in [0.25, 0.3) is 5.91 Å². The summed E-state index contributed by atoms with van der Waals surface area (Å²) in [5, 5.41) is 32.0. The summed E-state index contributed by atoms with van der Waals surface area (Å²) in [6.45, 7) is 3.57. The Hall–Kier alpha value is -5.03. The summed E-state index contributed by atoms with van der Waals surface area (Å²) < 4.78 is 0. The van der Waals surface area contributed by atoms with E-state index in [0.717, 1.165) is 48.5 Å². The van der Waals surface area contributed by atoms with E-state index in [9.17, 15) is 14.7 Å². The second-order valence-corrected chi connectivity index (χ2v) is 8.88. The van der Waals surface area contributed by atoms with Crippen molar-refractivity contribution in [1.29, 1.82) is 0 Å². The van der Waals surface area contributed by atoms with Gasteiger partial charge in [0.1, 0.15) is 5.75 Å². The summed E-state index contributed by atoms with van der Waals surface area (Å²) in [4.78, 5) is 30.8. The van der Waals surface area contributed by atoms with Crippen molar-refractivity contribution >= 4 is 34.1 Å². The van der Waals surface area contributed by atoms with Gasteiger partial charge < -0.3 is 20.6 Å². The zero-order valence-corrected chi connectivity index (χ0v) is 20.2. The molecule has 1 saturated heterocycles. The molecule has 0 radical (unpaired) electrons. The lowest BCUT2D eigenvalue weighted by atomic mass is 10.0. The van der Waals surface area contributed by atoms with Crippen molar-refractivity contribution in [1.82, 2.24) is 20.5 Å². The van der Waals surface area contributed by atoms with Gasteiger partial charge in [0.05, 0.1) is 33.6 Å². The number of piperazine rings is 1. The molecule has 3 aromatic rings. The number of amides is 3. The minimum absolute atomic E-state index is 0.0249. The molecule has 1 aliphatic carbocycles. The molecular weight excluding hydrogens is 484 g/mol. The van der Waals surface area contributed by atoms with Gasteiger partial charge in [0.15, 0.2) is 0 Å². The number of H-pyrrole nitrogens is 2. The quantitative estimate of drug-likeness (QED) is 0.224. The zero-order chi connectivity index (χ0) is 26.1. The number of aromatic hydroxyl groups is 1. The number of pyridine rings is 1. The molecule has 190 valence electrons. The second-order valence-electron chi connectivity index (χ2n) is 8.88. The molecule has 11 nitrogen and oxygen atoms in total. The second kappa shape index (κ2) is 9.79. The molecule has 0 atom stereocenters. The first-order valence-corrected chi connectivity index (χ1v) is 12.2. The number of carbonyl (C=O) groups excluding carboxylic acids is 2. The fraction of sp³-hybridized carbons (Fsp3) is 0.148. The van der Waals surface area contributed by atoms with Crippen LogP contribution in [0.1, 0.15) is 10.4 Å². The number of fused-ring (bicyclic) bond motifs is 3. The summed E-state index contributed by atoms with van der Waals surface area (Å²) in [6.07, 6.45) is 2.88. The number of carbonyl (C=O) groups is 2. The number of hydrogen-bond acceptors (Lipinski definition) is 6. The molecular formula is C27H24N8O3. The Bertz CT molecular complexity index is 1630. The highest BCUT2D eigenvalue weighted by molar-refractivity contribution is 6.17. The van der Waals surface area contributed by atoms with Gasteiger partial charge in [-0.25, -0.2) is 4.79 Å². The maximum Gasteiger partial charge on any atom is 0.364 e. The summed E-state index contributed by atoms with van der Waals surface area (Å²) >= 11 is 0. The monoisotopic (exact) mass is 508 g/mol. The predicted molar refractivity (Wildman–Crippen MR) is 144 cm³/mol. The number of nitrogens with one attached hydrogen (secondary N) is 4. The molecule has 0 saturated carbocycles. The Labute approximate surface area is 216 Å². The topological polar surface area (TPSA) is 151 Å². The van der Waals surface area contributed by atoms with E-state index in [1.807, 2.05) is 24.3 Å². The number of benzene rings is 2. The van der Waals surface area contributed by atoms with E-state index in [2.05, 4.69) is 47.0 Å². The van der Waals surface area contributed by atoms with Crippen molar-refractivity contribution in [2.75, 3.05) is 36.4 Å². The molecule has 6 rings (SSSR count). The SMILES string of the molecule is O=C(N=NC(=O)c1cccnc1)Nc1cccc2c3[nH][nH]c(-c4ccccc4N4CCNCC4)c-3c(O)c12. The maximum absolute atomic E-state index is 12.5. The Morgan fingerprint density at radius 2 is 1.76 bits per heavy atom. The molecule has 0 unspecified atom stereocenters. The molecule has 3 heterocycles. The van der Waals surface area contributed by atoms with Crippen LogP contribution in [0.2, 0.25) is 0 Å². The lowest BCUT2D eigenvalue weighted by Crippen LogP contribution is -2.43.